The number of para-hydroxylation sites is 2. The number of aromatic nitrogens is 3. The Morgan fingerprint density at radius 1 is 0.600 bits per heavy atom. The molecule has 30 heavy (non-hydrogen) atoms. The van der Waals surface area contributed by atoms with Gasteiger partial charge in [0, 0.05) is 22.7 Å². The van der Waals surface area contributed by atoms with Crippen molar-refractivity contribution in [3.63, 3.8) is 0 Å². The molecule has 0 fully saturated rings. The third-order valence-corrected chi connectivity index (χ3v) is 4.07. The maximum Gasteiger partial charge on any atom is 0.233 e. The van der Waals surface area contributed by atoms with E-state index in [1.165, 1.54) is 0 Å². The molecule has 1 aromatic heterocycles. The van der Waals surface area contributed by atoms with E-state index in [1.807, 2.05) is 24.3 Å². The van der Waals surface area contributed by atoms with Crippen LogP contribution in [0.15, 0.2) is 72.8 Å². The number of phenolic OH excluding ortho intramolecular Hbond substituents is 1. The summed E-state index contributed by atoms with van der Waals surface area (Å²) in [6, 6.07) is 21.3. The smallest absolute Gasteiger partial charge is 0.233 e. The zero-order valence-electron chi connectivity index (χ0n) is 15.9. The second kappa shape index (κ2) is 8.23. The van der Waals surface area contributed by atoms with Crippen molar-refractivity contribution in [1.82, 2.24) is 15.0 Å². The molecular weight excluding hydrogens is 380 g/mol. The van der Waals surface area contributed by atoms with Crippen LogP contribution in [0.2, 0.25) is 0 Å². The highest BCUT2D eigenvalue weighted by atomic mass is 16.3. The molecule has 0 radical (unpaired) electrons. The molecule has 0 unspecified atom stereocenters. The summed E-state index contributed by atoms with van der Waals surface area (Å²) >= 11 is 0. The van der Waals surface area contributed by atoms with E-state index >= 15 is 0 Å². The van der Waals surface area contributed by atoms with Crippen LogP contribution >= 0.6 is 0 Å². The molecule has 9 nitrogen and oxygen atoms in total. The van der Waals surface area contributed by atoms with Gasteiger partial charge in [-0.15, -0.1) is 0 Å². The van der Waals surface area contributed by atoms with E-state index in [-0.39, 0.29) is 11.7 Å². The second-order valence-corrected chi connectivity index (χ2v) is 6.45. The van der Waals surface area contributed by atoms with Crippen LogP contribution < -0.4 is 27.4 Å². The molecule has 8 N–H and O–H groups in total. The van der Waals surface area contributed by atoms with Crippen LogP contribution in [0.1, 0.15) is 0 Å². The van der Waals surface area contributed by atoms with Crippen molar-refractivity contribution in [2.24, 2.45) is 0 Å². The van der Waals surface area contributed by atoms with Crippen molar-refractivity contribution >= 4 is 46.3 Å². The summed E-state index contributed by atoms with van der Waals surface area (Å²) in [7, 11) is 0. The molecule has 1 heterocycles. The lowest BCUT2D eigenvalue weighted by Crippen LogP contribution is -2.07. The van der Waals surface area contributed by atoms with Crippen LogP contribution in [0.5, 0.6) is 5.75 Å². The predicted molar refractivity (Wildman–Crippen MR) is 119 cm³/mol. The van der Waals surface area contributed by atoms with Crippen molar-refractivity contribution in [3.8, 4) is 5.75 Å². The Labute approximate surface area is 172 Å². The normalized spacial score (nSPS) is 10.4. The Bertz CT molecular complexity index is 1120. The molecule has 4 aromatic rings. The SMILES string of the molecule is Nc1cccc(Nc2nc(Nc3cccc(N)c3)nc(Nc3ccccc3O)n2)c1. The number of hydrogen-bond acceptors (Lipinski definition) is 9. The number of phenols is 1. The summed E-state index contributed by atoms with van der Waals surface area (Å²) in [5.41, 5.74) is 14.8. The van der Waals surface area contributed by atoms with Gasteiger partial charge in [-0.25, -0.2) is 0 Å². The lowest BCUT2D eigenvalue weighted by molar-refractivity contribution is 0.477. The fourth-order valence-corrected chi connectivity index (χ4v) is 2.73. The molecule has 4 rings (SSSR count). The Hall–Kier alpha value is -4.53. The van der Waals surface area contributed by atoms with Crippen LogP contribution in [0.4, 0.5) is 46.3 Å². The maximum absolute atomic E-state index is 10.0. The van der Waals surface area contributed by atoms with Crippen molar-refractivity contribution in [2.75, 3.05) is 27.4 Å². The van der Waals surface area contributed by atoms with E-state index in [9.17, 15) is 5.11 Å². The predicted octanol–water partition coefficient (Wildman–Crippen LogP) is 3.97. The van der Waals surface area contributed by atoms with Crippen molar-refractivity contribution < 1.29 is 5.11 Å². The number of nitrogens with two attached hydrogens (primary N) is 2. The Balaban J connectivity index is 1.68. The Morgan fingerprint density at radius 2 is 1.10 bits per heavy atom. The standard InChI is InChI=1S/C21H20N8O/c22-13-5-3-7-15(11-13)24-19-27-20(25-16-8-4-6-14(23)12-16)29-21(28-19)26-17-9-1-2-10-18(17)30/h1-12,30H,22-23H2,(H3,24,25,26,27,28,29). The lowest BCUT2D eigenvalue weighted by Gasteiger charge is -2.12. The minimum atomic E-state index is 0.0774. The molecule has 0 aliphatic carbocycles. The molecule has 0 saturated carbocycles. The number of aromatic hydroxyl groups is 1. The molecule has 9 heteroatoms. The minimum Gasteiger partial charge on any atom is -0.506 e. The number of nitrogens with zero attached hydrogens (tertiary/aromatic N) is 3. The molecule has 3 aromatic carbocycles. The highest BCUT2D eigenvalue weighted by Gasteiger charge is 2.10. The van der Waals surface area contributed by atoms with Crippen molar-refractivity contribution in [2.45, 2.75) is 0 Å². The number of rotatable bonds is 6. The third kappa shape index (κ3) is 4.65. The number of hydrogen-bond donors (Lipinski definition) is 6. The summed E-state index contributed by atoms with van der Waals surface area (Å²) < 4.78 is 0. The van der Waals surface area contributed by atoms with Crippen LogP contribution in [-0.4, -0.2) is 20.1 Å². The highest BCUT2D eigenvalue weighted by molar-refractivity contribution is 5.66. The molecular formula is C21H20N8O. The van der Waals surface area contributed by atoms with Gasteiger partial charge in [-0.1, -0.05) is 24.3 Å². The Morgan fingerprint density at radius 3 is 1.60 bits per heavy atom. The molecule has 0 amide bonds. The van der Waals surface area contributed by atoms with Crippen LogP contribution in [0, 0.1) is 0 Å². The van der Waals surface area contributed by atoms with E-state index < -0.39 is 0 Å². The van der Waals surface area contributed by atoms with Gasteiger partial charge in [-0.05, 0) is 48.5 Å². The summed E-state index contributed by atoms with van der Waals surface area (Å²) in [5, 5.41) is 19.3. The molecule has 0 saturated heterocycles. The monoisotopic (exact) mass is 400 g/mol. The number of benzene rings is 3. The van der Waals surface area contributed by atoms with Gasteiger partial charge in [0.15, 0.2) is 0 Å². The Kier molecular flexibility index (Phi) is 5.16. The zero-order valence-corrected chi connectivity index (χ0v) is 15.9. The van der Waals surface area contributed by atoms with Gasteiger partial charge < -0.3 is 32.5 Å². The first-order valence-corrected chi connectivity index (χ1v) is 9.11. The highest BCUT2D eigenvalue weighted by Crippen LogP contribution is 2.26. The van der Waals surface area contributed by atoms with E-state index in [1.54, 1.807) is 48.5 Å². The molecule has 0 spiro atoms. The molecule has 0 aliphatic rings. The van der Waals surface area contributed by atoms with Gasteiger partial charge in [-0.2, -0.15) is 15.0 Å². The van der Waals surface area contributed by atoms with Gasteiger partial charge >= 0.3 is 0 Å². The average molecular weight is 400 g/mol. The third-order valence-electron chi connectivity index (χ3n) is 4.07. The van der Waals surface area contributed by atoms with Crippen LogP contribution in [-0.2, 0) is 0 Å². The number of anilines is 8. The maximum atomic E-state index is 10.0. The molecule has 0 atom stereocenters. The fourth-order valence-electron chi connectivity index (χ4n) is 2.73. The van der Waals surface area contributed by atoms with Gasteiger partial charge in [0.1, 0.15) is 5.75 Å². The number of nitrogens with one attached hydrogen (secondary N) is 3. The summed E-state index contributed by atoms with van der Waals surface area (Å²) in [6.07, 6.45) is 0. The van der Waals surface area contributed by atoms with Crippen LogP contribution in [0.25, 0.3) is 0 Å². The topological polar surface area (TPSA) is 147 Å². The van der Waals surface area contributed by atoms with Crippen molar-refractivity contribution in [3.05, 3.63) is 72.8 Å². The molecule has 0 aliphatic heterocycles. The molecule has 0 bridgehead atoms. The average Bonchev–Trinajstić information content (AvgIpc) is 2.70. The largest absolute Gasteiger partial charge is 0.506 e. The van der Waals surface area contributed by atoms with Gasteiger partial charge in [0.05, 0.1) is 5.69 Å². The van der Waals surface area contributed by atoms with E-state index in [0.29, 0.717) is 29.0 Å². The van der Waals surface area contributed by atoms with Crippen molar-refractivity contribution in [1.29, 1.82) is 0 Å². The van der Waals surface area contributed by atoms with Crippen LogP contribution in [0.3, 0.4) is 0 Å². The first kappa shape index (κ1) is 18.8. The number of nitrogen functional groups attached to an aromatic ring is 2. The van der Waals surface area contributed by atoms with E-state index in [2.05, 4.69) is 30.9 Å². The second-order valence-electron chi connectivity index (χ2n) is 6.45. The van der Waals surface area contributed by atoms with Gasteiger partial charge in [-0.3, -0.25) is 0 Å². The summed E-state index contributed by atoms with van der Waals surface area (Å²) in [4.78, 5) is 13.2. The summed E-state index contributed by atoms with van der Waals surface area (Å²) in [5.74, 6) is 0.901. The van der Waals surface area contributed by atoms with Gasteiger partial charge in [0.25, 0.3) is 0 Å². The van der Waals surface area contributed by atoms with Gasteiger partial charge in [0.2, 0.25) is 17.8 Å². The molecule has 150 valence electrons. The van der Waals surface area contributed by atoms with E-state index in [4.69, 9.17) is 11.5 Å². The minimum absolute atomic E-state index is 0.0774. The fraction of sp³-hybridized carbons (Fsp3) is 0. The quantitative estimate of drug-likeness (QED) is 0.209. The summed E-state index contributed by atoms with van der Waals surface area (Å²) in [6.45, 7) is 0. The lowest BCUT2D eigenvalue weighted by atomic mass is 10.3. The zero-order chi connectivity index (χ0) is 20.9. The first-order valence-electron chi connectivity index (χ1n) is 9.11. The first-order chi connectivity index (χ1) is 14.5. The van der Waals surface area contributed by atoms with E-state index in [0.717, 1.165) is 11.4 Å².